The van der Waals surface area contributed by atoms with Crippen molar-refractivity contribution in [3.63, 3.8) is 0 Å². The Bertz CT molecular complexity index is 736. The van der Waals surface area contributed by atoms with Crippen LogP contribution in [0.5, 0.6) is 0 Å². The molecule has 0 bridgehead atoms. The Morgan fingerprint density at radius 3 is 2.64 bits per heavy atom. The van der Waals surface area contributed by atoms with Crippen molar-refractivity contribution in [3.05, 3.63) is 78.1 Å². The van der Waals surface area contributed by atoms with Gasteiger partial charge in [-0.25, -0.2) is 0 Å². The van der Waals surface area contributed by atoms with Gasteiger partial charge in [-0.3, -0.25) is 4.79 Å². The predicted molar refractivity (Wildman–Crippen MR) is 102 cm³/mol. The highest BCUT2D eigenvalue weighted by Crippen LogP contribution is 2.35. The summed E-state index contributed by atoms with van der Waals surface area (Å²) in [6.07, 6.45) is 8.59. The average molecular weight is 335 g/mol. The van der Waals surface area contributed by atoms with E-state index in [2.05, 4.69) is 18.5 Å². The first-order valence-corrected chi connectivity index (χ1v) is 8.92. The fourth-order valence-corrected chi connectivity index (χ4v) is 3.46. The summed E-state index contributed by atoms with van der Waals surface area (Å²) in [7, 11) is 0. The summed E-state index contributed by atoms with van der Waals surface area (Å²) in [6, 6.07) is 7.58. The summed E-state index contributed by atoms with van der Waals surface area (Å²) in [5.41, 5.74) is 2.89. The number of carbonyl (C=O) groups excluding carboxylic acids is 1. The molecule has 0 aromatic heterocycles. The summed E-state index contributed by atoms with van der Waals surface area (Å²) in [6.45, 7) is 10.7. The zero-order valence-corrected chi connectivity index (χ0v) is 14.6. The standard InChI is InChI=1S/C22H25NO2/c1-3-4-7-20-21(24)19-9-6-5-8-18(19)16(2)22(20)25-15-12-17-10-13-23-14-11-17/h3-9,17,23H,1-2,10-15H2/b7-4+. The summed E-state index contributed by atoms with van der Waals surface area (Å²) in [5, 5.41) is 3.38. The number of piperidine rings is 1. The number of ether oxygens (including phenoxy) is 1. The van der Waals surface area contributed by atoms with Crippen LogP contribution >= 0.6 is 0 Å². The summed E-state index contributed by atoms with van der Waals surface area (Å²) in [5.74, 6) is 1.28. The van der Waals surface area contributed by atoms with Crippen LogP contribution in [0.15, 0.2) is 67.0 Å². The highest BCUT2D eigenvalue weighted by atomic mass is 16.5. The van der Waals surface area contributed by atoms with Crippen LogP contribution in [-0.4, -0.2) is 25.5 Å². The molecule has 3 nitrogen and oxygen atoms in total. The van der Waals surface area contributed by atoms with E-state index in [0.29, 0.717) is 29.4 Å². The third kappa shape index (κ3) is 3.83. The molecule has 1 aliphatic carbocycles. The summed E-state index contributed by atoms with van der Waals surface area (Å²) in [4.78, 5) is 12.9. The van der Waals surface area contributed by atoms with Gasteiger partial charge in [-0.05, 0) is 49.9 Å². The molecule has 0 atom stereocenters. The van der Waals surface area contributed by atoms with Crippen molar-refractivity contribution in [2.45, 2.75) is 19.3 Å². The number of fused-ring (bicyclic) bond motifs is 1. The fourth-order valence-electron chi connectivity index (χ4n) is 3.46. The van der Waals surface area contributed by atoms with Crippen LogP contribution in [0, 0.1) is 5.92 Å². The van der Waals surface area contributed by atoms with Gasteiger partial charge in [-0.15, -0.1) is 0 Å². The largest absolute Gasteiger partial charge is 0.492 e. The van der Waals surface area contributed by atoms with E-state index in [1.54, 1.807) is 18.2 Å². The van der Waals surface area contributed by atoms with Crippen molar-refractivity contribution < 1.29 is 9.53 Å². The summed E-state index contributed by atoms with van der Waals surface area (Å²) < 4.78 is 6.09. The lowest BCUT2D eigenvalue weighted by molar-refractivity contribution is 0.102. The first kappa shape index (κ1) is 17.4. The molecular formula is C22H25NO2. The van der Waals surface area contributed by atoms with Crippen molar-refractivity contribution in [1.82, 2.24) is 5.32 Å². The Morgan fingerprint density at radius 2 is 1.92 bits per heavy atom. The van der Waals surface area contributed by atoms with E-state index in [9.17, 15) is 4.79 Å². The van der Waals surface area contributed by atoms with Gasteiger partial charge in [0.15, 0.2) is 5.78 Å². The first-order chi connectivity index (χ1) is 12.2. The second-order valence-corrected chi connectivity index (χ2v) is 6.52. The Labute approximate surface area is 149 Å². The van der Waals surface area contributed by atoms with Gasteiger partial charge in [-0.1, -0.05) is 49.6 Å². The van der Waals surface area contributed by atoms with Gasteiger partial charge in [-0.2, -0.15) is 0 Å². The topological polar surface area (TPSA) is 38.3 Å². The number of nitrogens with one attached hydrogen (secondary N) is 1. The van der Waals surface area contributed by atoms with Gasteiger partial charge in [0.05, 0.1) is 12.2 Å². The third-order valence-electron chi connectivity index (χ3n) is 4.89. The molecule has 1 aliphatic heterocycles. The highest BCUT2D eigenvalue weighted by Gasteiger charge is 2.28. The van der Waals surface area contributed by atoms with Crippen LogP contribution in [0.2, 0.25) is 0 Å². The van der Waals surface area contributed by atoms with Crippen LogP contribution in [0.25, 0.3) is 5.57 Å². The number of hydrogen-bond acceptors (Lipinski definition) is 3. The SMILES string of the molecule is C=C/C=C/C1=C(OCCC2CCNCC2)C(=C)c2ccccc2C1=O. The average Bonchev–Trinajstić information content (AvgIpc) is 2.66. The van der Waals surface area contributed by atoms with Crippen molar-refractivity contribution in [2.75, 3.05) is 19.7 Å². The van der Waals surface area contributed by atoms with E-state index in [1.165, 1.54) is 12.8 Å². The van der Waals surface area contributed by atoms with E-state index in [1.807, 2.05) is 24.3 Å². The van der Waals surface area contributed by atoms with Crippen molar-refractivity contribution in [1.29, 1.82) is 0 Å². The van der Waals surface area contributed by atoms with Crippen molar-refractivity contribution >= 4 is 11.4 Å². The Hall–Kier alpha value is -2.39. The quantitative estimate of drug-likeness (QED) is 0.788. The van der Waals surface area contributed by atoms with Crippen molar-refractivity contribution in [2.24, 2.45) is 5.92 Å². The van der Waals surface area contributed by atoms with Gasteiger partial charge in [0.25, 0.3) is 0 Å². The molecule has 0 amide bonds. The van der Waals surface area contributed by atoms with Gasteiger partial charge in [0, 0.05) is 11.1 Å². The maximum absolute atomic E-state index is 12.9. The molecule has 0 unspecified atom stereocenters. The molecule has 3 heteroatoms. The fraction of sp³-hybridized carbons (Fsp3) is 0.318. The Kier molecular flexibility index (Phi) is 5.67. The molecule has 1 aromatic rings. The second-order valence-electron chi connectivity index (χ2n) is 6.52. The minimum absolute atomic E-state index is 0.0158. The molecule has 0 saturated carbocycles. The third-order valence-corrected chi connectivity index (χ3v) is 4.89. The number of benzene rings is 1. The second kappa shape index (κ2) is 8.13. The van der Waals surface area contributed by atoms with E-state index >= 15 is 0 Å². The van der Waals surface area contributed by atoms with Crippen LogP contribution < -0.4 is 5.32 Å². The molecule has 130 valence electrons. The molecule has 2 aliphatic rings. The number of allylic oxidation sites excluding steroid dienone is 5. The molecule has 1 fully saturated rings. The van der Waals surface area contributed by atoms with E-state index in [-0.39, 0.29) is 5.78 Å². The molecule has 3 rings (SSSR count). The van der Waals surface area contributed by atoms with E-state index < -0.39 is 0 Å². The molecule has 0 spiro atoms. The maximum Gasteiger partial charge on any atom is 0.197 e. The van der Waals surface area contributed by atoms with Gasteiger partial charge >= 0.3 is 0 Å². The Balaban J connectivity index is 1.81. The molecule has 1 heterocycles. The zero-order chi connectivity index (χ0) is 17.6. The highest BCUT2D eigenvalue weighted by molar-refractivity contribution is 6.18. The monoisotopic (exact) mass is 335 g/mol. The lowest BCUT2D eigenvalue weighted by Gasteiger charge is -2.25. The first-order valence-electron chi connectivity index (χ1n) is 8.92. The zero-order valence-electron chi connectivity index (χ0n) is 14.6. The maximum atomic E-state index is 12.9. The molecule has 25 heavy (non-hydrogen) atoms. The van der Waals surface area contributed by atoms with E-state index in [4.69, 9.17) is 4.74 Å². The van der Waals surface area contributed by atoms with Crippen LogP contribution in [0.4, 0.5) is 0 Å². The molecule has 1 aromatic carbocycles. The van der Waals surface area contributed by atoms with Crippen LogP contribution in [-0.2, 0) is 4.74 Å². The number of rotatable bonds is 6. The predicted octanol–water partition coefficient (Wildman–Crippen LogP) is 4.30. The number of ketones is 1. The Morgan fingerprint density at radius 1 is 1.20 bits per heavy atom. The summed E-state index contributed by atoms with van der Waals surface area (Å²) >= 11 is 0. The number of carbonyl (C=O) groups is 1. The molecule has 1 saturated heterocycles. The minimum atomic E-state index is -0.0158. The van der Waals surface area contributed by atoms with E-state index in [0.717, 1.165) is 30.6 Å². The minimum Gasteiger partial charge on any atom is -0.492 e. The lowest BCUT2D eigenvalue weighted by atomic mass is 9.86. The van der Waals surface area contributed by atoms with Gasteiger partial charge in [0.2, 0.25) is 0 Å². The van der Waals surface area contributed by atoms with Gasteiger partial charge in [0.1, 0.15) is 5.76 Å². The van der Waals surface area contributed by atoms with Crippen LogP contribution in [0.3, 0.4) is 0 Å². The molecule has 0 radical (unpaired) electrons. The smallest absolute Gasteiger partial charge is 0.197 e. The number of hydrogen-bond donors (Lipinski definition) is 1. The van der Waals surface area contributed by atoms with Crippen LogP contribution in [0.1, 0.15) is 35.2 Å². The lowest BCUT2D eigenvalue weighted by Crippen LogP contribution is -2.28. The van der Waals surface area contributed by atoms with Crippen molar-refractivity contribution in [3.8, 4) is 0 Å². The van der Waals surface area contributed by atoms with Gasteiger partial charge < -0.3 is 10.1 Å². The molecular weight excluding hydrogens is 310 g/mol. The molecule has 1 N–H and O–H groups in total. The number of Topliss-reactive ketones (excluding diaryl/α,β-unsaturated/α-hetero) is 1. The normalized spacial score (nSPS) is 18.6.